The first kappa shape index (κ1) is 8.98. The lowest BCUT2D eigenvalue weighted by molar-refractivity contribution is 0.0929. The standard InChI is InChI=1S/C8H10IN3O/c1-8(2-3-8)11-7(13)6-5(9)4-10-12-6/h4H,2-3H2,1H3,(H,10,12)(H,11,13). The minimum Gasteiger partial charge on any atom is -0.346 e. The Labute approximate surface area is 89.6 Å². The molecule has 1 heterocycles. The first-order valence-corrected chi connectivity index (χ1v) is 5.20. The summed E-state index contributed by atoms with van der Waals surface area (Å²) >= 11 is 2.09. The number of aromatic nitrogens is 2. The smallest absolute Gasteiger partial charge is 0.270 e. The lowest BCUT2D eigenvalue weighted by Gasteiger charge is -2.09. The number of nitrogens with zero attached hydrogens (tertiary/aromatic N) is 1. The largest absolute Gasteiger partial charge is 0.346 e. The molecular weight excluding hydrogens is 281 g/mol. The molecule has 2 N–H and O–H groups in total. The molecule has 0 aliphatic heterocycles. The van der Waals surface area contributed by atoms with E-state index in [1.165, 1.54) is 0 Å². The maximum Gasteiger partial charge on any atom is 0.270 e. The van der Waals surface area contributed by atoms with Gasteiger partial charge >= 0.3 is 0 Å². The van der Waals surface area contributed by atoms with E-state index >= 15 is 0 Å². The molecular formula is C8H10IN3O. The van der Waals surface area contributed by atoms with Gasteiger partial charge in [0.1, 0.15) is 5.69 Å². The van der Waals surface area contributed by atoms with Gasteiger partial charge in [0, 0.05) is 5.54 Å². The Kier molecular flexibility index (Phi) is 2.05. The van der Waals surface area contributed by atoms with Crippen LogP contribution in [0.15, 0.2) is 6.20 Å². The first-order chi connectivity index (χ1) is 6.11. The highest BCUT2D eigenvalue weighted by atomic mass is 127. The van der Waals surface area contributed by atoms with Crippen LogP contribution in [0.1, 0.15) is 30.3 Å². The van der Waals surface area contributed by atoms with Crippen molar-refractivity contribution in [3.63, 3.8) is 0 Å². The molecule has 0 bridgehead atoms. The number of aromatic amines is 1. The van der Waals surface area contributed by atoms with Gasteiger partial charge in [0.2, 0.25) is 0 Å². The van der Waals surface area contributed by atoms with Crippen molar-refractivity contribution in [2.24, 2.45) is 0 Å². The third-order valence-corrected chi connectivity index (χ3v) is 3.05. The average molecular weight is 291 g/mol. The van der Waals surface area contributed by atoms with E-state index in [2.05, 4.69) is 38.1 Å². The molecule has 4 nitrogen and oxygen atoms in total. The molecule has 1 amide bonds. The molecule has 1 aromatic rings. The van der Waals surface area contributed by atoms with Gasteiger partial charge in [-0.1, -0.05) is 0 Å². The SMILES string of the molecule is CC1(NC(=O)c2[nH]ncc2I)CC1. The van der Waals surface area contributed by atoms with E-state index < -0.39 is 0 Å². The fraction of sp³-hybridized carbons (Fsp3) is 0.500. The van der Waals surface area contributed by atoms with Crippen LogP contribution in [-0.4, -0.2) is 21.6 Å². The summed E-state index contributed by atoms with van der Waals surface area (Å²) in [7, 11) is 0. The molecule has 0 atom stereocenters. The van der Waals surface area contributed by atoms with Crippen LogP contribution in [0, 0.1) is 3.57 Å². The molecule has 0 aromatic carbocycles. The predicted octanol–water partition coefficient (Wildman–Crippen LogP) is 1.30. The van der Waals surface area contributed by atoms with Crippen molar-refractivity contribution in [3.05, 3.63) is 15.5 Å². The van der Waals surface area contributed by atoms with E-state index in [9.17, 15) is 4.79 Å². The van der Waals surface area contributed by atoms with Crippen LogP contribution >= 0.6 is 22.6 Å². The number of halogens is 1. The molecule has 0 radical (unpaired) electrons. The number of carbonyl (C=O) groups excluding carboxylic acids is 1. The third kappa shape index (κ3) is 1.84. The molecule has 13 heavy (non-hydrogen) atoms. The molecule has 0 spiro atoms. The number of hydrogen-bond acceptors (Lipinski definition) is 2. The maximum absolute atomic E-state index is 11.6. The second-order valence-corrected chi connectivity index (χ2v) is 4.77. The molecule has 70 valence electrons. The highest BCUT2D eigenvalue weighted by Crippen LogP contribution is 2.34. The number of carbonyl (C=O) groups is 1. The van der Waals surface area contributed by atoms with Crippen LogP contribution in [-0.2, 0) is 0 Å². The Bertz CT molecular complexity index is 343. The van der Waals surface area contributed by atoms with Crippen molar-refractivity contribution >= 4 is 28.5 Å². The second-order valence-electron chi connectivity index (χ2n) is 3.61. The Morgan fingerprint density at radius 1 is 1.77 bits per heavy atom. The number of nitrogens with one attached hydrogen (secondary N) is 2. The second kappa shape index (κ2) is 2.97. The molecule has 1 aliphatic rings. The van der Waals surface area contributed by atoms with Crippen LogP contribution in [0.4, 0.5) is 0 Å². The van der Waals surface area contributed by atoms with Crippen LogP contribution < -0.4 is 5.32 Å². The van der Waals surface area contributed by atoms with Crippen molar-refractivity contribution in [1.82, 2.24) is 15.5 Å². The molecule has 1 aliphatic carbocycles. The van der Waals surface area contributed by atoms with Gasteiger partial charge in [-0.15, -0.1) is 0 Å². The number of hydrogen-bond donors (Lipinski definition) is 2. The Morgan fingerprint density at radius 3 is 2.92 bits per heavy atom. The summed E-state index contributed by atoms with van der Waals surface area (Å²) in [5, 5.41) is 9.44. The van der Waals surface area contributed by atoms with Crippen LogP contribution in [0.5, 0.6) is 0 Å². The highest BCUT2D eigenvalue weighted by Gasteiger charge is 2.39. The maximum atomic E-state index is 11.6. The minimum absolute atomic E-state index is 0.0330. The molecule has 0 unspecified atom stereocenters. The number of rotatable bonds is 2. The summed E-state index contributed by atoms with van der Waals surface area (Å²) in [4.78, 5) is 11.6. The topological polar surface area (TPSA) is 57.8 Å². The van der Waals surface area contributed by atoms with Crippen molar-refractivity contribution in [2.75, 3.05) is 0 Å². The van der Waals surface area contributed by atoms with E-state index in [-0.39, 0.29) is 11.4 Å². The zero-order chi connectivity index (χ0) is 9.47. The van der Waals surface area contributed by atoms with E-state index in [4.69, 9.17) is 0 Å². The number of amides is 1. The van der Waals surface area contributed by atoms with Gasteiger partial charge in [0.15, 0.2) is 0 Å². The molecule has 1 saturated carbocycles. The minimum atomic E-state index is -0.0538. The molecule has 2 rings (SSSR count). The Balaban J connectivity index is 2.09. The highest BCUT2D eigenvalue weighted by molar-refractivity contribution is 14.1. The summed E-state index contributed by atoms with van der Waals surface area (Å²) < 4.78 is 0.861. The van der Waals surface area contributed by atoms with Gasteiger partial charge in [-0.05, 0) is 42.4 Å². The lowest BCUT2D eigenvalue weighted by atomic mass is 10.3. The van der Waals surface area contributed by atoms with Crippen LogP contribution in [0.3, 0.4) is 0 Å². The summed E-state index contributed by atoms with van der Waals surface area (Å²) in [6.07, 6.45) is 3.79. The molecule has 1 fully saturated rings. The van der Waals surface area contributed by atoms with Gasteiger partial charge in [0.25, 0.3) is 5.91 Å². The van der Waals surface area contributed by atoms with Gasteiger partial charge in [0.05, 0.1) is 9.77 Å². The Morgan fingerprint density at radius 2 is 2.46 bits per heavy atom. The fourth-order valence-corrected chi connectivity index (χ4v) is 1.58. The quantitative estimate of drug-likeness (QED) is 0.807. The van der Waals surface area contributed by atoms with Crippen molar-refractivity contribution in [2.45, 2.75) is 25.3 Å². The summed E-state index contributed by atoms with van der Waals surface area (Å²) in [6.45, 7) is 2.05. The normalized spacial score (nSPS) is 18.3. The van der Waals surface area contributed by atoms with E-state index in [0.717, 1.165) is 16.4 Å². The van der Waals surface area contributed by atoms with Gasteiger partial charge in [-0.3, -0.25) is 9.89 Å². The lowest BCUT2D eigenvalue weighted by Crippen LogP contribution is -2.34. The van der Waals surface area contributed by atoms with E-state index in [0.29, 0.717) is 5.69 Å². The average Bonchev–Trinajstić information content (AvgIpc) is 2.63. The molecule has 0 saturated heterocycles. The zero-order valence-corrected chi connectivity index (χ0v) is 9.38. The molecule has 1 aromatic heterocycles. The fourth-order valence-electron chi connectivity index (χ4n) is 1.08. The van der Waals surface area contributed by atoms with Crippen molar-refractivity contribution in [1.29, 1.82) is 0 Å². The van der Waals surface area contributed by atoms with Crippen molar-refractivity contribution in [3.8, 4) is 0 Å². The van der Waals surface area contributed by atoms with Gasteiger partial charge < -0.3 is 5.32 Å². The first-order valence-electron chi connectivity index (χ1n) is 4.12. The predicted molar refractivity (Wildman–Crippen MR) is 56.4 cm³/mol. The van der Waals surface area contributed by atoms with E-state index in [1.807, 2.05) is 6.92 Å². The summed E-state index contributed by atoms with van der Waals surface area (Å²) in [5.74, 6) is -0.0538. The van der Waals surface area contributed by atoms with Crippen LogP contribution in [0.25, 0.3) is 0 Å². The van der Waals surface area contributed by atoms with Crippen molar-refractivity contribution < 1.29 is 4.79 Å². The van der Waals surface area contributed by atoms with Gasteiger partial charge in [-0.2, -0.15) is 5.10 Å². The van der Waals surface area contributed by atoms with E-state index in [1.54, 1.807) is 6.20 Å². The van der Waals surface area contributed by atoms with Gasteiger partial charge in [-0.25, -0.2) is 0 Å². The monoisotopic (exact) mass is 291 g/mol. The van der Waals surface area contributed by atoms with Crippen LogP contribution in [0.2, 0.25) is 0 Å². The summed E-state index contributed by atoms with van der Waals surface area (Å²) in [6, 6.07) is 0. The molecule has 5 heteroatoms. The zero-order valence-electron chi connectivity index (χ0n) is 7.22. The Hall–Kier alpha value is -0.590. The number of H-pyrrole nitrogens is 1. The summed E-state index contributed by atoms with van der Waals surface area (Å²) in [5.41, 5.74) is 0.597. The third-order valence-electron chi connectivity index (χ3n) is 2.24.